The molecular formula is C7H14O3. The summed E-state index contributed by atoms with van der Waals surface area (Å²) >= 11 is 0. The Hall–Kier alpha value is -0.120. The van der Waals surface area contributed by atoms with Crippen LogP contribution in [0.15, 0.2) is 0 Å². The summed E-state index contributed by atoms with van der Waals surface area (Å²) in [7, 11) is 0. The molecule has 0 aromatic heterocycles. The molecular weight excluding hydrogens is 132 g/mol. The van der Waals surface area contributed by atoms with E-state index < -0.39 is 18.8 Å². The van der Waals surface area contributed by atoms with Gasteiger partial charge in [-0.3, -0.25) is 0 Å². The van der Waals surface area contributed by atoms with Gasteiger partial charge in [-0.25, -0.2) is 0 Å². The van der Waals surface area contributed by atoms with Gasteiger partial charge >= 0.3 is 0 Å². The summed E-state index contributed by atoms with van der Waals surface area (Å²) < 4.78 is 19.2. The van der Waals surface area contributed by atoms with E-state index in [1.54, 1.807) is 0 Å². The molecule has 1 aliphatic rings. The monoisotopic (exact) mass is 150 g/mol. The summed E-state index contributed by atoms with van der Waals surface area (Å²) in [6.07, 6.45) is -0.801. The first kappa shape index (κ1) is 5.52. The lowest BCUT2D eigenvalue weighted by Gasteiger charge is -2.31. The Bertz CT molecular complexity index is 145. The second-order valence-electron chi connectivity index (χ2n) is 2.52. The van der Waals surface area contributed by atoms with Crippen molar-refractivity contribution in [2.45, 2.75) is 38.1 Å². The van der Waals surface area contributed by atoms with E-state index in [1.165, 1.54) is 0 Å². The fraction of sp³-hybridized carbons (Fsp3) is 1.00. The van der Waals surface area contributed by atoms with Gasteiger partial charge in [0.15, 0.2) is 0 Å². The number of aliphatic hydroxyl groups is 2. The van der Waals surface area contributed by atoms with Crippen LogP contribution >= 0.6 is 0 Å². The van der Waals surface area contributed by atoms with Gasteiger partial charge in [0.25, 0.3) is 0 Å². The third-order valence-corrected chi connectivity index (χ3v) is 1.76. The van der Waals surface area contributed by atoms with Crippen molar-refractivity contribution < 1.29 is 16.3 Å². The zero-order valence-electron chi connectivity index (χ0n) is 7.99. The van der Waals surface area contributed by atoms with Crippen LogP contribution in [0.25, 0.3) is 0 Å². The van der Waals surface area contributed by atoms with Crippen molar-refractivity contribution in [3.63, 3.8) is 0 Å². The van der Waals surface area contributed by atoms with E-state index in [0.717, 1.165) is 0 Å². The third-order valence-electron chi connectivity index (χ3n) is 1.76. The summed E-state index contributed by atoms with van der Waals surface area (Å²) in [5, 5.41) is 13.7. The van der Waals surface area contributed by atoms with Gasteiger partial charge in [0, 0.05) is 6.58 Å². The van der Waals surface area contributed by atoms with E-state index in [2.05, 4.69) is 5.11 Å². The standard InChI is InChI=1S/C7H14O3/c1-2-6-7(9)5(8)3-4-10-6/h5-9H,2-4H2,1H3/i4T,9T. The molecule has 0 saturated carbocycles. The van der Waals surface area contributed by atoms with Crippen LogP contribution in [0.5, 0.6) is 0 Å². The lowest BCUT2D eigenvalue weighted by atomic mass is 10.0. The Morgan fingerprint density at radius 3 is 3.30 bits per heavy atom. The average molecular weight is 150 g/mol. The summed E-state index contributed by atoms with van der Waals surface area (Å²) in [5.41, 5.74) is 0. The van der Waals surface area contributed by atoms with Crippen molar-refractivity contribution in [1.29, 1.82) is 1.43 Å². The lowest BCUT2D eigenvalue weighted by Crippen LogP contribution is -2.43. The zero-order chi connectivity index (χ0) is 9.14. The zero-order valence-corrected chi connectivity index (χ0v) is 5.99. The van der Waals surface area contributed by atoms with Crippen LogP contribution in [-0.4, -0.2) is 36.5 Å². The van der Waals surface area contributed by atoms with Gasteiger partial charge in [-0.2, -0.15) is 0 Å². The number of aliphatic hydroxyl groups excluding tert-OH is 2. The van der Waals surface area contributed by atoms with Gasteiger partial charge < -0.3 is 15.0 Å². The van der Waals surface area contributed by atoms with Gasteiger partial charge in [-0.15, -0.1) is 0 Å². The minimum absolute atomic E-state index is 0.222. The molecule has 2 N–H and O–H groups in total. The first-order chi connectivity index (χ1) is 5.69. The second-order valence-corrected chi connectivity index (χ2v) is 2.52. The molecule has 10 heavy (non-hydrogen) atoms. The number of rotatable bonds is 2. The molecule has 0 radical (unpaired) electrons. The van der Waals surface area contributed by atoms with Crippen LogP contribution in [0, 0.1) is 0 Å². The van der Waals surface area contributed by atoms with Gasteiger partial charge in [0.1, 0.15) is 6.10 Å². The first-order valence-corrected chi connectivity index (χ1v) is 3.56. The highest BCUT2D eigenvalue weighted by Gasteiger charge is 2.29. The third kappa shape index (κ3) is 1.48. The Labute approximate surface area is 63.5 Å². The van der Waals surface area contributed by atoms with Crippen molar-refractivity contribution in [2.24, 2.45) is 0 Å². The Morgan fingerprint density at radius 2 is 2.70 bits per heavy atom. The largest absolute Gasteiger partial charge is 0.390 e. The molecule has 1 fully saturated rings. The van der Waals surface area contributed by atoms with Crippen LogP contribution in [-0.2, 0) is 4.74 Å². The van der Waals surface area contributed by atoms with E-state index in [0.29, 0.717) is 6.42 Å². The fourth-order valence-corrected chi connectivity index (χ4v) is 1.07. The van der Waals surface area contributed by atoms with Crippen LogP contribution in [0.3, 0.4) is 0 Å². The smallest absolute Gasteiger partial charge is 0.211 e. The molecule has 4 unspecified atom stereocenters. The molecule has 60 valence electrons. The summed E-state index contributed by atoms with van der Waals surface area (Å²) in [6.45, 7) is 1.19. The Kier molecular flexibility index (Phi) is 1.83. The highest BCUT2D eigenvalue weighted by atomic mass is 16.5. The normalized spacial score (nSPS) is 51.8. The molecule has 1 saturated heterocycles. The predicted molar refractivity (Wildman–Crippen MR) is 36.7 cm³/mol. The second kappa shape index (κ2) is 3.32. The molecule has 1 rings (SSSR count). The molecule has 3 nitrogen and oxygen atoms in total. The Morgan fingerprint density at radius 1 is 1.90 bits per heavy atom. The van der Waals surface area contributed by atoms with E-state index >= 15 is 0 Å². The SMILES string of the molecule is [3H]OC1C(O)CC([3H])OC1CC. The minimum Gasteiger partial charge on any atom is -0.390 e. The van der Waals surface area contributed by atoms with Crippen molar-refractivity contribution in [1.82, 2.24) is 0 Å². The topological polar surface area (TPSA) is 49.7 Å². The summed E-state index contributed by atoms with van der Waals surface area (Å²) in [4.78, 5) is 0. The van der Waals surface area contributed by atoms with E-state index in [1.807, 2.05) is 6.92 Å². The van der Waals surface area contributed by atoms with Gasteiger partial charge in [-0.1, -0.05) is 6.92 Å². The molecule has 0 amide bonds. The van der Waals surface area contributed by atoms with Crippen LogP contribution in [0.1, 0.15) is 21.1 Å². The van der Waals surface area contributed by atoms with Crippen molar-refractivity contribution in [3.8, 4) is 0 Å². The number of hydrogen-bond donors (Lipinski definition) is 2. The highest BCUT2D eigenvalue weighted by Crippen LogP contribution is 2.16. The maximum Gasteiger partial charge on any atom is 0.211 e. The molecule has 1 heterocycles. The number of hydrogen-bond acceptors (Lipinski definition) is 3. The minimum atomic E-state index is -0.747. The molecule has 0 aromatic carbocycles. The first-order valence-electron chi connectivity index (χ1n) is 4.55. The summed E-state index contributed by atoms with van der Waals surface area (Å²) in [6, 6.07) is 0. The fourth-order valence-electron chi connectivity index (χ4n) is 1.07. The van der Waals surface area contributed by atoms with Crippen LogP contribution in [0.4, 0.5) is 0 Å². The molecule has 3 heteroatoms. The molecule has 0 bridgehead atoms. The van der Waals surface area contributed by atoms with E-state index in [9.17, 15) is 5.11 Å². The maximum absolute atomic E-state index is 9.40. The van der Waals surface area contributed by atoms with E-state index in [-0.39, 0.29) is 12.5 Å². The predicted octanol–water partition coefficient (Wildman–Crippen LogP) is -0.0929. The molecule has 0 aliphatic carbocycles. The van der Waals surface area contributed by atoms with Crippen LogP contribution < -0.4 is 0 Å². The van der Waals surface area contributed by atoms with Crippen molar-refractivity contribution in [2.75, 3.05) is 6.58 Å². The lowest BCUT2D eigenvalue weighted by molar-refractivity contribution is -0.135. The maximum atomic E-state index is 9.40. The quantitative estimate of drug-likeness (QED) is 0.578. The Balaban J connectivity index is 2.56. The van der Waals surface area contributed by atoms with Gasteiger partial charge in [-0.05, 0) is 12.8 Å². The van der Waals surface area contributed by atoms with Crippen LogP contribution in [0.2, 0.25) is 0 Å². The van der Waals surface area contributed by atoms with Crippen molar-refractivity contribution >= 4 is 0 Å². The van der Waals surface area contributed by atoms with Crippen molar-refractivity contribution in [3.05, 3.63) is 0 Å². The highest BCUT2D eigenvalue weighted by molar-refractivity contribution is 4.79. The molecule has 0 spiro atoms. The number of ether oxygens (including phenoxy) is 1. The van der Waals surface area contributed by atoms with Gasteiger partial charge in [0.05, 0.1) is 13.6 Å². The molecule has 0 aromatic rings. The molecule has 1 aliphatic heterocycles. The molecule has 4 atom stereocenters. The van der Waals surface area contributed by atoms with Gasteiger partial charge in [0.2, 0.25) is 1.43 Å². The summed E-state index contributed by atoms with van der Waals surface area (Å²) in [5.74, 6) is 0. The van der Waals surface area contributed by atoms with E-state index in [4.69, 9.17) is 7.54 Å². The average Bonchev–Trinajstić information content (AvgIpc) is 2.03.